The molecule has 0 aromatic rings. The second-order valence-electron chi connectivity index (χ2n) is 9.22. The molecule has 1 aliphatic rings. The lowest BCUT2D eigenvalue weighted by Gasteiger charge is -2.56. The van der Waals surface area contributed by atoms with Gasteiger partial charge in [-0.1, -0.05) is 79.7 Å². The van der Waals surface area contributed by atoms with Gasteiger partial charge in [0.25, 0.3) is 0 Å². The Hall–Kier alpha value is -0.713. The average molecular weight is 367 g/mol. The van der Waals surface area contributed by atoms with Crippen LogP contribution in [0.3, 0.4) is 0 Å². The molecule has 1 heterocycles. The van der Waals surface area contributed by atoms with E-state index in [9.17, 15) is 4.79 Å². The minimum Gasteiger partial charge on any atom is -0.390 e. The minimum atomic E-state index is -2.62. The first-order valence-corrected chi connectivity index (χ1v) is 11.4. The first kappa shape index (κ1) is 22.3. The molecule has 0 radical (unpaired) electrons. The zero-order valence-electron chi connectivity index (χ0n) is 17.7. The summed E-state index contributed by atoms with van der Waals surface area (Å²) in [6, 6.07) is 0. The van der Waals surface area contributed by atoms with E-state index in [1.54, 1.807) is 0 Å². The number of hydrogen-bond donors (Lipinski definition) is 0. The Balaban J connectivity index is 3.35. The van der Waals surface area contributed by atoms with Gasteiger partial charge in [0.15, 0.2) is 0 Å². The standard InChI is InChI=1S/C21H38O3Si/c1-10-12-13-14-18-16(3)19(15-17(22)11-2)24-25(23-18,20(4,5)6)21(7,8)9/h10,12-14,16,18-19H,11,15H2,1-9H3/b12-10+,14-13+/t16-,18-,19-/m1/s1. The van der Waals surface area contributed by atoms with E-state index in [4.69, 9.17) is 8.85 Å². The third kappa shape index (κ3) is 4.93. The van der Waals surface area contributed by atoms with Crippen LogP contribution in [0.2, 0.25) is 10.1 Å². The predicted molar refractivity (Wildman–Crippen MR) is 108 cm³/mol. The lowest BCUT2D eigenvalue weighted by Crippen LogP contribution is -2.65. The van der Waals surface area contributed by atoms with E-state index in [0.29, 0.717) is 12.8 Å². The van der Waals surface area contributed by atoms with Gasteiger partial charge in [-0.15, -0.1) is 0 Å². The topological polar surface area (TPSA) is 35.5 Å². The first-order chi connectivity index (χ1) is 11.4. The van der Waals surface area contributed by atoms with E-state index in [0.717, 1.165) is 0 Å². The summed E-state index contributed by atoms with van der Waals surface area (Å²) in [5, 5.41) is -0.183. The SMILES string of the molecule is C/C=C/C=C/[C@H]1O[Si](C(C)(C)C)(C(C)(C)C)O[C@H](CC(=O)CC)[C@@H]1C. The predicted octanol–water partition coefficient (Wildman–Crippen LogP) is 5.95. The number of allylic oxidation sites excluding steroid dienone is 3. The molecule has 0 unspecified atom stereocenters. The summed E-state index contributed by atoms with van der Waals surface area (Å²) in [6.07, 6.45) is 9.16. The fourth-order valence-corrected chi connectivity index (χ4v) is 8.91. The maximum Gasteiger partial charge on any atom is 0.350 e. The second-order valence-corrected chi connectivity index (χ2v) is 13.9. The quantitative estimate of drug-likeness (QED) is 0.445. The van der Waals surface area contributed by atoms with Crippen LogP contribution in [-0.4, -0.2) is 26.6 Å². The van der Waals surface area contributed by atoms with E-state index < -0.39 is 8.56 Å². The molecule has 0 bridgehead atoms. The van der Waals surface area contributed by atoms with Crippen molar-refractivity contribution >= 4 is 14.3 Å². The number of Topliss-reactive ketones (excluding diaryl/α,β-unsaturated/α-hetero) is 1. The molecule has 0 N–H and O–H groups in total. The van der Waals surface area contributed by atoms with Gasteiger partial charge in [-0.2, -0.15) is 0 Å². The van der Waals surface area contributed by atoms with Crippen LogP contribution in [0, 0.1) is 5.92 Å². The Morgan fingerprint density at radius 1 is 1.04 bits per heavy atom. The lowest BCUT2D eigenvalue weighted by atomic mass is 9.93. The van der Waals surface area contributed by atoms with Crippen LogP contribution in [0.4, 0.5) is 0 Å². The number of rotatable bonds is 5. The number of hydrogen-bond acceptors (Lipinski definition) is 3. The van der Waals surface area contributed by atoms with E-state index in [2.05, 4.69) is 60.6 Å². The van der Waals surface area contributed by atoms with Gasteiger partial charge in [-0.05, 0) is 6.92 Å². The van der Waals surface area contributed by atoms with Crippen molar-refractivity contribution in [2.45, 2.75) is 97.4 Å². The maximum atomic E-state index is 12.2. The molecule has 1 rings (SSSR count). The molecule has 1 aliphatic heterocycles. The van der Waals surface area contributed by atoms with Crippen molar-refractivity contribution in [1.82, 2.24) is 0 Å². The van der Waals surface area contributed by atoms with Crippen molar-refractivity contribution in [3.8, 4) is 0 Å². The Morgan fingerprint density at radius 2 is 1.60 bits per heavy atom. The summed E-state index contributed by atoms with van der Waals surface area (Å²) in [7, 11) is -2.62. The normalized spacial score (nSPS) is 28.0. The van der Waals surface area contributed by atoms with Gasteiger partial charge < -0.3 is 8.85 Å². The van der Waals surface area contributed by atoms with Crippen LogP contribution in [0.15, 0.2) is 24.3 Å². The van der Waals surface area contributed by atoms with E-state index in [1.807, 2.05) is 26.0 Å². The first-order valence-electron chi connectivity index (χ1n) is 9.56. The van der Waals surface area contributed by atoms with Crippen molar-refractivity contribution in [2.75, 3.05) is 0 Å². The Labute approximate surface area is 156 Å². The van der Waals surface area contributed by atoms with Gasteiger partial charge in [-0.3, -0.25) is 4.79 Å². The van der Waals surface area contributed by atoms with Gasteiger partial charge in [0.05, 0.1) is 12.2 Å². The van der Waals surface area contributed by atoms with E-state index in [1.165, 1.54) is 0 Å². The highest BCUT2D eigenvalue weighted by Crippen LogP contribution is 2.56. The largest absolute Gasteiger partial charge is 0.390 e. The lowest BCUT2D eigenvalue weighted by molar-refractivity contribution is -0.124. The fraction of sp³-hybridized carbons (Fsp3) is 0.762. The Kier molecular flexibility index (Phi) is 7.43. The summed E-state index contributed by atoms with van der Waals surface area (Å²) < 4.78 is 13.6. The molecule has 0 aromatic heterocycles. The average Bonchev–Trinajstić information content (AvgIpc) is 2.48. The molecule has 4 heteroatoms. The molecule has 25 heavy (non-hydrogen) atoms. The van der Waals surface area contributed by atoms with Gasteiger partial charge in [-0.25, -0.2) is 0 Å². The van der Waals surface area contributed by atoms with Crippen molar-refractivity contribution in [3.63, 3.8) is 0 Å². The van der Waals surface area contributed by atoms with Crippen LogP contribution in [0.25, 0.3) is 0 Å². The molecule has 3 atom stereocenters. The molecule has 0 spiro atoms. The third-order valence-electron chi connectivity index (χ3n) is 5.13. The zero-order valence-corrected chi connectivity index (χ0v) is 18.7. The smallest absolute Gasteiger partial charge is 0.350 e. The molecule has 0 aliphatic carbocycles. The van der Waals surface area contributed by atoms with E-state index >= 15 is 0 Å². The molecule has 0 aromatic carbocycles. The van der Waals surface area contributed by atoms with E-state index in [-0.39, 0.29) is 34.0 Å². The number of carbonyl (C=O) groups excluding carboxylic acids is 1. The number of ketones is 1. The monoisotopic (exact) mass is 366 g/mol. The van der Waals surface area contributed by atoms with Crippen molar-refractivity contribution in [3.05, 3.63) is 24.3 Å². The summed E-state index contributed by atoms with van der Waals surface area (Å²) in [6.45, 7) is 19.4. The summed E-state index contributed by atoms with van der Waals surface area (Å²) >= 11 is 0. The summed E-state index contributed by atoms with van der Waals surface area (Å²) in [5.74, 6) is 0.419. The molecular formula is C21H38O3Si. The molecule has 144 valence electrons. The molecular weight excluding hydrogens is 328 g/mol. The molecule has 3 nitrogen and oxygen atoms in total. The van der Waals surface area contributed by atoms with Crippen molar-refractivity contribution < 1.29 is 13.6 Å². The fourth-order valence-electron chi connectivity index (χ4n) is 3.79. The van der Waals surface area contributed by atoms with Crippen LogP contribution in [0.1, 0.15) is 75.2 Å². The molecule has 0 saturated carbocycles. The second kappa shape index (κ2) is 8.32. The van der Waals surface area contributed by atoms with Gasteiger partial charge in [0.2, 0.25) is 0 Å². The summed E-state index contributed by atoms with van der Waals surface area (Å²) in [4.78, 5) is 12.2. The third-order valence-corrected chi connectivity index (χ3v) is 10.3. The van der Waals surface area contributed by atoms with Crippen molar-refractivity contribution in [1.29, 1.82) is 0 Å². The number of carbonyl (C=O) groups is 1. The highest BCUT2D eigenvalue weighted by atomic mass is 28.4. The van der Waals surface area contributed by atoms with Gasteiger partial charge >= 0.3 is 8.56 Å². The highest BCUT2D eigenvalue weighted by molar-refractivity contribution is 6.73. The molecule has 1 fully saturated rings. The van der Waals surface area contributed by atoms with Gasteiger partial charge in [0.1, 0.15) is 5.78 Å². The van der Waals surface area contributed by atoms with Crippen LogP contribution >= 0.6 is 0 Å². The molecule has 1 saturated heterocycles. The Morgan fingerprint density at radius 3 is 2.04 bits per heavy atom. The summed E-state index contributed by atoms with van der Waals surface area (Å²) in [5.41, 5.74) is 0. The van der Waals surface area contributed by atoms with Crippen LogP contribution in [-0.2, 0) is 13.6 Å². The zero-order chi connectivity index (χ0) is 19.5. The highest BCUT2D eigenvalue weighted by Gasteiger charge is 2.63. The van der Waals surface area contributed by atoms with Gasteiger partial charge in [0, 0.05) is 28.8 Å². The van der Waals surface area contributed by atoms with Crippen LogP contribution < -0.4 is 0 Å². The van der Waals surface area contributed by atoms with Crippen LogP contribution in [0.5, 0.6) is 0 Å². The Bertz CT molecular complexity index is 494. The maximum absolute atomic E-state index is 12.2. The van der Waals surface area contributed by atoms with Crippen molar-refractivity contribution in [2.24, 2.45) is 5.92 Å². The molecule has 0 amide bonds. The minimum absolute atomic E-state index is 0.0234.